The first-order chi connectivity index (χ1) is 14.7. The second kappa shape index (κ2) is 10.2. The molecule has 30 heavy (non-hydrogen) atoms. The molecule has 0 aliphatic carbocycles. The fourth-order valence-corrected chi connectivity index (χ4v) is 3.10. The van der Waals surface area contributed by atoms with Crippen LogP contribution in [0.1, 0.15) is 22.3 Å². The minimum Gasteiger partial charge on any atom is -0.496 e. The van der Waals surface area contributed by atoms with Crippen LogP contribution in [0.5, 0.6) is 11.5 Å². The van der Waals surface area contributed by atoms with Gasteiger partial charge in [-0.05, 0) is 47.5 Å². The van der Waals surface area contributed by atoms with Crippen LogP contribution in [-0.2, 0) is 0 Å². The van der Waals surface area contributed by atoms with Gasteiger partial charge >= 0.3 is 0 Å². The van der Waals surface area contributed by atoms with E-state index in [0.29, 0.717) is 0 Å². The van der Waals surface area contributed by atoms with Gasteiger partial charge in [0.25, 0.3) is 0 Å². The number of hydrogen-bond donors (Lipinski definition) is 2. The highest BCUT2D eigenvalue weighted by atomic mass is 16.5. The fraction of sp³-hybridized carbons (Fsp3) is 0.154. The van der Waals surface area contributed by atoms with Gasteiger partial charge in [0.1, 0.15) is 11.5 Å². The summed E-state index contributed by atoms with van der Waals surface area (Å²) in [7, 11) is 7.19. The highest BCUT2D eigenvalue weighted by molar-refractivity contribution is 5.79. The minimum absolute atomic E-state index is 0.795. The van der Waals surface area contributed by atoms with Crippen LogP contribution in [-0.4, -0.2) is 28.3 Å². The number of hydrogen-bond acceptors (Lipinski definition) is 4. The zero-order valence-electron chi connectivity index (χ0n) is 17.9. The third-order valence-corrected chi connectivity index (χ3v) is 4.89. The lowest BCUT2D eigenvalue weighted by Gasteiger charge is -2.11. The molecule has 4 heteroatoms. The van der Waals surface area contributed by atoms with Gasteiger partial charge < -0.3 is 20.1 Å². The van der Waals surface area contributed by atoms with Crippen LogP contribution in [0.3, 0.4) is 0 Å². The van der Waals surface area contributed by atoms with Crippen LogP contribution in [0.2, 0.25) is 0 Å². The summed E-state index contributed by atoms with van der Waals surface area (Å²) < 4.78 is 11.3. The Morgan fingerprint density at radius 2 is 0.933 bits per heavy atom. The van der Waals surface area contributed by atoms with Gasteiger partial charge in [-0.15, -0.1) is 0 Å². The molecule has 3 aromatic rings. The van der Waals surface area contributed by atoms with E-state index in [4.69, 9.17) is 9.47 Å². The standard InChI is InChI=1S/C26H28N2O2/c1-27-23-13-7-19(8-14-23)5-11-21-17-26(30-4)22(18-25(21)29-3)12-6-20-9-15-24(28-2)16-10-20/h5-18,27-28H,1-4H3/b11-5+,12-6+. The third-order valence-electron chi connectivity index (χ3n) is 4.89. The Morgan fingerprint density at radius 3 is 1.23 bits per heavy atom. The average molecular weight is 401 g/mol. The second-order valence-corrected chi connectivity index (χ2v) is 6.75. The van der Waals surface area contributed by atoms with E-state index >= 15 is 0 Å². The van der Waals surface area contributed by atoms with Gasteiger partial charge in [0.2, 0.25) is 0 Å². The Labute approximate surface area is 178 Å². The van der Waals surface area contributed by atoms with Crippen molar-refractivity contribution in [2.24, 2.45) is 0 Å². The van der Waals surface area contributed by atoms with Crippen LogP contribution in [0.25, 0.3) is 24.3 Å². The van der Waals surface area contributed by atoms with Crippen molar-refractivity contribution in [1.82, 2.24) is 0 Å². The van der Waals surface area contributed by atoms with Gasteiger partial charge in [0, 0.05) is 36.6 Å². The molecule has 0 saturated heterocycles. The van der Waals surface area contributed by atoms with Crippen molar-refractivity contribution in [3.8, 4) is 11.5 Å². The van der Waals surface area contributed by atoms with Crippen LogP contribution < -0.4 is 20.1 Å². The molecule has 0 aliphatic heterocycles. The summed E-state index contributed by atoms with van der Waals surface area (Å²) >= 11 is 0. The molecule has 0 fully saturated rings. The SMILES string of the molecule is CNc1ccc(/C=C/c2cc(OC)c(/C=C/c3ccc(NC)cc3)cc2OC)cc1. The Morgan fingerprint density at radius 1 is 0.567 bits per heavy atom. The molecule has 0 unspecified atom stereocenters. The van der Waals surface area contributed by atoms with E-state index in [9.17, 15) is 0 Å². The third kappa shape index (κ3) is 5.23. The molecule has 2 N–H and O–H groups in total. The zero-order chi connectivity index (χ0) is 21.3. The molecule has 0 saturated carbocycles. The Bertz CT molecular complexity index is 935. The van der Waals surface area contributed by atoms with Gasteiger partial charge in [-0.25, -0.2) is 0 Å². The largest absolute Gasteiger partial charge is 0.496 e. The van der Waals surface area contributed by atoms with Crippen molar-refractivity contribution in [2.75, 3.05) is 38.9 Å². The fourth-order valence-electron chi connectivity index (χ4n) is 3.10. The van der Waals surface area contributed by atoms with Crippen molar-refractivity contribution >= 4 is 35.7 Å². The zero-order valence-corrected chi connectivity index (χ0v) is 17.9. The lowest BCUT2D eigenvalue weighted by molar-refractivity contribution is 0.401. The van der Waals surface area contributed by atoms with Crippen molar-refractivity contribution in [3.05, 3.63) is 82.9 Å². The van der Waals surface area contributed by atoms with Crippen LogP contribution in [0, 0.1) is 0 Å². The van der Waals surface area contributed by atoms with E-state index in [0.717, 1.165) is 45.1 Å². The highest BCUT2D eigenvalue weighted by Crippen LogP contribution is 2.32. The molecule has 3 rings (SSSR count). The first-order valence-electron chi connectivity index (χ1n) is 9.84. The van der Waals surface area contributed by atoms with Crippen molar-refractivity contribution in [3.63, 3.8) is 0 Å². The van der Waals surface area contributed by atoms with Crippen molar-refractivity contribution in [2.45, 2.75) is 0 Å². The lowest BCUT2D eigenvalue weighted by atomic mass is 10.1. The van der Waals surface area contributed by atoms with E-state index < -0.39 is 0 Å². The predicted octanol–water partition coefficient (Wildman–Crippen LogP) is 6.13. The normalized spacial score (nSPS) is 11.1. The summed E-state index contributed by atoms with van der Waals surface area (Å²) in [5.41, 5.74) is 6.32. The summed E-state index contributed by atoms with van der Waals surface area (Å²) in [6, 6.07) is 20.5. The van der Waals surface area contributed by atoms with E-state index in [1.54, 1.807) is 14.2 Å². The molecule has 0 aliphatic rings. The summed E-state index contributed by atoms with van der Waals surface area (Å²) in [5.74, 6) is 1.59. The lowest BCUT2D eigenvalue weighted by Crippen LogP contribution is -1.93. The maximum atomic E-state index is 5.63. The highest BCUT2D eigenvalue weighted by Gasteiger charge is 2.08. The monoisotopic (exact) mass is 400 g/mol. The molecule has 4 nitrogen and oxygen atoms in total. The molecule has 0 spiro atoms. The predicted molar refractivity (Wildman–Crippen MR) is 129 cm³/mol. The van der Waals surface area contributed by atoms with Gasteiger partial charge in [-0.3, -0.25) is 0 Å². The molecule has 0 amide bonds. The van der Waals surface area contributed by atoms with Gasteiger partial charge in [-0.2, -0.15) is 0 Å². The van der Waals surface area contributed by atoms with E-state index in [1.165, 1.54) is 0 Å². The topological polar surface area (TPSA) is 42.5 Å². The Balaban J connectivity index is 1.86. The van der Waals surface area contributed by atoms with Gasteiger partial charge in [-0.1, -0.05) is 48.6 Å². The molecule has 0 radical (unpaired) electrons. The van der Waals surface area contributed by atoms with Gasteiger partial charge in [0.05, 0.1) is 14.2 Å². The van der Waals surface area contributed by atoms with E-state index in [2.05, 4.69) is 71.3 Å². The minimum atomic E-state index is 0.795. The smallest absolute Gasteiger partial charge is 0.126 e. The number of methoxy groups -OCH3 is 2. The van der Waals surface area contributed by atoms with Gasteiger partial charge in [0.15, 0.2) is 0 Å². The molecule has 0 heterocycles. The number of ether oxygens (including phenoxy) is 2. The number of nitrogens with one attached hydrogen (secondary N) is 2. The van der Waals surface area contributed by atoms with Crippen LogP contribution in [0.15, 0.2) is 60.7 Å². The first-order valence-corrected chi connectivity index (χ1v) is 9.84. The maximum Gasteiger partial charge on any atom is 0.126 e. The molecule has 0 bridgehead atoms. The summed E-state index contributed by atoms with van der Waals surface area (Å²) in [6.07, 6.45) is 8.21. The molecular weight excluding hydrogens is 372 g/mol. The summed E-state index contributed by atoms with van der Waals surface area (Å²) in [5, 5.41) is 6.25. The number of rotatable bonds is 8. The molecular formula is C26H28N2O2. The Kier molecular flexibility index (Phi) is 7.17. The Hall–Kier alpha value is -3.66. The average Bonchev–Trinajstić information content (AvgIpc) is 2.81. The van der Waals surface area contributed by atoms with E-state index in [-0.39, 0.29) is 0 Å². The second-order valence-electron chi connectivity index (χ2n) is 6.75. The quantitative estimate of drug-likeness (QED) is 0.447. The molecule has 0 atom stereocenters. The number of anilines is 2. The summed E-state index contributed by atoms with van der Waals surface area (Å²) in [6.45, 7) is 0. The van der Waals surface area contributed by atoms with Crippen LogP contribution in [0.4, 0.5) is 11.4 Å². The maximum absolute atomic E-state index is 5.63. The number of benzene rings is 3. The van der Waals surface area contributed by atoms with Crippen LogP contribution >= 0.6 is 0 Å². The molecule has 0 aromatic heterocycles. The van der Waals surface area contributed by atoms with E-state index in [1.807, 2.05) is 38.4 Å². The van der Waals surface area contributed by atoms with Crippen molar-refractivity contribution in [1.29, 1.82) is 0 Å². The molecule has 3 aromatic carbocycles. The first kappa shape index (κ1) is 21.1. The molecule has 154 valence electrons. The van der Waals surface area contributed by atoms with Crippen molar-refractivity contribution < 1.29 is 9.47 Å². The summed E-state index contributed by atoms with van der Waals surface area (Å²) in [4.78, 5) is 0.